The van der Waals surface area contributed by atoms with Gasteiger partial charge >= 0.3 is 12.1 Å². The van der Waals surface area contributed by atoms with E-state index in [1.807, 2.05) is 26.0 Å². The van der Waals surface area contributed by atoms with Crippen LogP contribution in [0.4, 0.5) is 18.9 Å². The Morgan fingerprint density at radius 2 is 1.74 bits per heavy atom. The summed E-state index contributed by atoms with van der Waals surface area (Å²) in [6.07, 6.45) is -4.56. The lowest BCUT2D eigenvalue weighted by atomic mass is 10.0. The highest BCUT2D eigenvalue weighted by Gasteiger charge is 2.31. The lowest BCUT2D eigenvalue weighted by Crippen LogP contribution is -2.15. The van der Waals surface area contributed by atoms with E-state index in [0.29, 0.717) is 17.9 Å². The fraction of sp³-hybridized carbons (Fsp3) is 0.320. The van der Waals surface area contributed by atoms with Gasteiger partial charge in [-0.3, -0.25) is 14.3 Å². The first-order valence-electron chi connectivity index (χ1n) is 10.7. The van der Waals surface area contributed by atoms with Gasteiger partial charge in [0.1, 0.15) is 0 Å². The van der Waals surface area contributed by atoms with Crippen LogP contribution in [-0.2, 0) is 23.9 Å². The Labute approximate surface area is 195 Å². The molecule has 34 heavy (non-hydrogen) atoms. The Bertz CT molecular complexity index is 1210. The minimum Gasteiger partial charge on any atom is -0.481 e. The van der Waals surface area contributed by atoms with E-state index in [-0.39, 0.29) is 23.5 Å². The molecule has 0 atom stereocenters. The zero-order chi connectivity index (χ0) is 25.2. The SMILES string of the molecule is Cc1cc(C(F)(F)F)ccc1C(=O)Nc1ccc(Cn2nc(C)c(CC(=O)O)c2C(C)C)cc1. The molecule has 6 nitrogen and oxygen atoms in total. The van der Waals surface area contributed by atoms with Gasteiger partial charge in [-0.2, -0.15) is 18.3 Å². The van der Waals surface area contributed by atoms with Crippen molar-refractivity contribution in [3.05, 3.63) is 81.7 Å². The third kappa shape index (κ3) is 5.65. The molecule has 0 unspecified atom stereocenters. The lowest BCUT2D eigenvalue weighted by molar-refractivity contribution is -0.138. The third-order valence-corrected chi connectivity index (χ3v) is 5.51. The van der Waals surface area contributed by atoms with Gasteiger partial charge in [-0.1, -0.05) is 26.0 Å². The van der Waals surface area contributed by atoms with E-state index in [1.165, 1.54) is 13.0 Å². The Morgan fingerprint density at radius 3 is 2.26 bits per heavy atom. The van der Waals surface area contributed by atoms with Crippen molar-refractivity contribution in [1.29, 1.82) is 0 Å². The first kappa shape index (κ1) is 25.0. The van der Waals surface area contributed by atoms with Gasteiger partial charge in [0.05, 0.1) is 24.2 Å². The van der Waals surface area contributed by atoms with Crippen molar-refractivity contribution in [2.45, 2.75) is 52.8 Å². The predicted molar refractivity (Wildman–Crippen MR) is 122 cm³/mol. The number of alkyl halides is 3. The van der Waals surface area contributed by atoms with Crippen LogP contribution in [0.15, 0.2) is 42.5 Å². The minimum absolute atomic E-state index is 0.0843. The van der Waals surface area contributed by atoms with Gasteiger partial charge < -0.3 is 10.4 Å². The van der Waals surface area contributed by atoms with Crippen molar-refractivity contribution < 1.29 is 27.9 Å². The standard InChI is InChI=1S/C25H26F3N3O3/c1-14(2)23-21(12-22(32)33)16(4)30-31(23)13-17-5-8-19(9-6-17)29-24(34)20-10-7-18(11-15(20)3)25(26,27)28/h5-11,14H,12-13H2,1-4H3,(H,29,34)(H,32,33). The van der Waals surface area contributed by atoms with E-state index in [2.05, 4.69) is 10.4 Å². The molecule has 0 bridgehead atoms. The zero-order valence-electron chi connectivity index (χ0n) is 19.3. The molecule has 2 aromatic carbocycles. The Morgan fingerprint density at radius 1 is 1.09 bits per heavy atom. The first-order chi connectivity index (χ1) is 15.9. The molecule has 0 aliphatic heterocycles. The van der Waals surface area contributed by atoms with Crippen LogP contribution in [0.25, 0.3) is 0 Å². The van der Waals surface area contributed by atoms with E-state index in [9.17, 15) is 27.9 Å². The Kier molecular flexibility index (Phi) is 7.14. The number of hydrogen-bond acceptors (Lipinski definition) is 3. The van der Waals surface area contributed by atoms with E-state index in [0.717, 1.165) is 29.0 Å². The summed E-state index contributed by atoms with van der Waals surface area (Å²) in [5, 5.41) is 16.5. The highest BCUT2D eigenvalue weighted by molar-refractivity contribution is 6.05. The van der Waals surface area contributed by atoms with Gasteiger partial charge in [-0.25, -0.2) is 0 Å². The van der Waals surface area contributed by atoms with Gasteiger partial charge in [0.25, 0.3) is 5.91 Å². The molecule has 0 saturated heterocycles. The average molecular weight is 473 g/mol. The number of anilines is 1. The number of aromatic nitrogens is 2. The maximum absolute atomic E-state index is 12.9. The molecular weight excluding hydrogens is 447 g/mol. The monoisotopic (exact) mass is 473 g/mol. The van der Waals surface area contributed by atoms with Crippen LogP contribution >= 0.6 is 0 Å². The fourth-order valence-electron chi connectivity index (χ4n) is 3.93. The quantitative estimate of drug-likeness (QED) is 0.470. The van der Waals surface area contributed by atoms with Crippen molar-refractivity contribution in [1.82, 2.24) is 9.78 Å². The number of benzene rings is 2. The number of halogens is 3. The third-order valence-electron chi connectivity index (χ3n) is 5.51. The van der Waals surface area contributed by atoms with E-state index >= 15 is 0 Å². The first-order valence-corrected chi connectivity index (χ1v) is 10.7. The highest BCUT2D eigenvalue weighted by atomic mass is 19.4. The molecule has 3 rings (SSSR count). The van der Waals surface area contributed by atoms with E-state index in [4.69, 9.17) is 0 Å². The minimum atomic E-state index is -4.47. The summed E-state index contributed by atoms with van der Waals surface area (Å²) in [7, 11) is 0. The topological polar surface area (TPSA) is 84.2 Å². The number of carboxylic acid groups (broad SMARTS) is 1. The number of nitrogens with zero attached hydrogens (tertiary/aromatic N) is 2. The number of amides is 1. The highest BCUT2D eigenvalue weighted by Crippen LogP contribution is 2.30. The predicted octanol–water partition coefficient (Wildman–Crippen LogP) is 5.57. The summed E-state index contributed by atoms with van der Waals surface area (Å²) >= 11 is 0. The number of aryl methyl sites for hydroxylation is 2. The van der Waals surface area contributed by atoms with Gasteiger partial charge in [-0.15, -0.1) is 0 Å². The molecule has 0 radical (unpaired) electrons. The molecule has 0 spiro atoms. The molecule has 180 valence electrons. The molecule has 1 aromatic heterocycles. The summed E-state index contributed by atoms with van der Waals surface area (Å²) < 4.78 is 40.4. The maximum atomic E-state index is 12.9. The molecule has 0 fully saturated rings. The van der Waals surface area contributed by atoms with Crippen molar-refractivity contribution in [3.8, 4) is 0 Å². The Hall–Kier alpha value is -3.62. The van der Waals surface area contributed by atoms with Crippen LogP contribution in [0.1, 0.15) is 63.8 Å². The molecule has 2 N–H and O–H groups in total. The number of nitrogens with one attached hydrogen (secondary N) is 1. The van der Waals surface area contributed by atoms with Crippen LogP contribution in [0.5, 0.6) is 0 Å². The number of carbonyl (C=O) groups is 2. The summed E-state index contributed by atoms with van der Waals surface area (Å²) in [5.74, 6) is -1.32. The summed E-state index contributed by atoms with van der Waals surface area (Å²) in [6, 6.07) is 10.0. The van der Waals surface area contributed by atoms with Crippen molar-refractivity contribution >= 4 is 17.6 Å². The number of rotatable bonds is 7. The van der Waals surface area contributed by atoms with E-state index < -0.39 is 23.6 Å². The van der Waals surface area contributed by atoms with Gasteiger partial charge in [0, 0.05) is 22.5 Å². The molecule has 3 aromatic rings. The zero-order valence-corrected chi connectivity index (χ0v) is 19.3. The van der Waals surface area contributed by atoms with Crippen LogP contribution in [0.2, 0.25) is 0 Å². The van der Waals surface area contributed by atoms with Crippen molar-refractivity contribution in [2.75, 3.05) is 5.32 Å². The molecule has 0 aliphatic carbocycles. The van der Waals surface area contributed by atoms with Crippen LogP contribution < -0.4 is 5.32 Å². The Balaban J connectivity index is 1.75. The molecule has 1 amide bonds. The fourth-order valence-corrected chi connectivity index (χ4v) is 3.93. The summed E-state index contributed by atoms with van der Waals surface area (Å²) in [4.78, 5) is 23.8. The largest absolute Gasteiger partial charge is 0.481 e. The van der Waals surface area contributed by atoms with Crippen LogP contribution in [0.3, 0.4) is 0 Å². The molecular formula is C25H26F3N3O3. The summed E-state index contributed by atoms with van der Waals surface area (Å²) in [5.41, 5.74) is 3.27. The van der Waals surface area contributed by atoms with Gasteiger partial charge in [0.15, 0.2) is 0 Å². The second-order valence-electron chi connectivity index (χ2n) is 8.51. The normalized spacial score (nSPS) is 11.6. The summed E-state index contributed by atoms with van der Waals surface area (Å²) in [6.45, 7) is 7.66. The van der Waals surface area contributed by atoms with Crippen molar-refractivity contribution in [2.24, 2.45) is 0 Å². The molecule has 1 heterocycles. The van der Waals surface area contributed by atoms with Crippen molar-refractivity contribution in [3.63, 3.8) is 0 Å². The second kappa shape index (κ2) is 9.70. The molecule has 9 heteroatoms. The smallest absolute Gasteiger partial charge is 0.416 e. The lowest BCUT2D eigenvalue weighted by Gasteiger charge is -2.13. The second-order valence-corrected chi connectivity index (χ2v) is 8.51. The number of carbonyl (C=O) groups excluding carboxylic acids is 1. The maximum Gasteiger partial charge on any atom is 0.416 e. The number of carboxylic acids is 1. The van der Waals surface area contributed by atoms with Crippen LogP contribution in [0, 0.1) is 13.8 Å². The molecule has 0 saturated carbocycles. The van der Waals surface area contributed by atoms with Crippen LogP contribution in [-0.4, -0.2) is 26.8 Å². The number of aliphatic carboxylic acids is 1. The molecule has 0 aliphatic rings. The van der Waals surface area contributed by atoms with Gasteiger partial charge in [0.2, 0.25) is 0 Å². The van der Waals surface area contributed by atoms with Gasteiger partial charge in [-0.05, 0) is 61.2 Å². The average Bonchev–Trinajstić information content (AvgIpc) is 3.02. The number of hydrogen-bond donors (Lipinski definition) is 2. The van der Waals surface area contributed by atoms with E-state index in [1.54, 1.807) is 23.7 Å².